The van der Waals surface area contributed by atoms with Crippen LogP contribution in [0.1, 0.15) is 18.4 Å². The average Bonchev–Trinajstić information content (AvgIpc) is 2.89. The number of piperazine rings is 1. The molecule has 0 radical (unpaired) electrons. The van der Waals surface area contributed by atoms with Gasteiger partial charge in [0.1, 0.15) is 11.5 Å². The van der Waals surface area contributed by atoms with Gasteiger partial charge in [-0.1, -0.05) is 30.3 Å². The fraction of sp³-hybridized carbons (Fsp3) is 0.346. The van der Waals surface area contributed by atoms with Gasteiger partial charge in [-0.3, -0.25) is 4.79 Å². The molecule has 2 aromatic carbocycles. The van der Waals surface area contributed by atoms with Crippen molar-refractivity contribution in [3.05, 3.63) is 66.2 Å². The van der Waals surface area contributed by atoms with E-state index in [0.717, 1.165) is 54.5 Å². The molecule has 1 amide bonds. The van der Waals surface area contributed by atoms with Crippen LogP contribution in [-0.2, 0) is 11.2 Å². The lowest BCUT2D eigenvalue weighted by molar-refractivity contribution is -0.131. The van der Waals surface area contributed by atoms with E-state index in [9.17, 15) is 4.79 Å². The largest absolute Gasteiger partial charge is 0.497 e. The predicted octanol–water partition coefficient (Wildman–Crippen LogP) is 3.83. The Morgan fingerprint density at radius 3 is 2.36 bits per heavy atom. The fourth-order valence-electron chi connectivity index (χ4n) is 4.08. The molecule has 0 saturated carbocycles. The molecule has 0 N–H and O–H groups in total. The van der Waals surface area contributed by atoms with Gasteiger partial charge in [-0.05, 0) is 48.7 Å². The molecule has 0 aliphatic carbocycles. The van der Waals surface area contributed by atoms with Gasteiger partial charge in [-0.2, -0.15) is 0 Å². The number of carbonyl (C=O) groups excluding carboxylic acids is 1. The van der Waals surface area contributed by atoms with Crippen LogP contribution in [0.5, 0.6) is 11.5 Å². The molecule has 4 rings (SSSR count). The van der Waals surface area contributed by atoms with Gasteiger partial charge in [-0.25, -0.2) is 0 Å². The molecule has 7 heteroatoms. The highest BCUT2D eigenvalue weighted by atomic mass is 16.5. The lowest BCUT2D eigenvalue weighted by atomic mass is 10.1. The average molecular weight is 447 g/mol. The lowest BCUT2D eigenvalue weighted by Crippen LogP contribution is -2.49. The van der Waals surface area contributed by atoms with Gasteiger partial charge < -0.3 is 19.3 Å². The predicted molar refractivity (Wildman–Crippen MR) is 129 cm³/mol. The van der Waals surface area contributed by atoms with Crippen LogP contribution in [0, 0.1) is 0 Å². The Kier molecular flexibility index (Phi) is 7.40. The Morgan fingerprint density at radius 2 is 1.70 bits per heavy atom. The second kappa shape index (κ2) is 10.8. The van der Waals surface area contributed by atoms with E-state index in [-0.39, 0.29) is 5.91 Å². The van der Waals surface area contributed by atoms with Crippen molar-refractivity contribution in [2.24, 2.45) is 0 Å². The van der Waals surface area contributed by atoms with E-state index in [1.165, 1.54) is 5.56 Å². The molecular formula is C26H30N4O3. The van der Waals surface area contributed by atoms with Crippen LogP contribution in [0.25, 0.3) is 11.3 Å². The highest BCUT2D eigenvalue weighted by molar-refractivity contribution is 5.76. The Bertz CT molecular complexity index is 1050. The molecule has 33 heavy (non-hydrogen) atoms. The minimum Gasteiger partial charge on any atom is -0.497 e. The molecule has 1 fully saturated rings. The molecule has 0 unspecified atom stereocenters. The maximum absolute atomic E-state index is 12.6. The van der Waals surface area contributed by atoms with Crippen molar-refractivity contribution in [3.8, 4) is 22.8 Å². The molecule has 172 valence electrons. The molecular weight excluding hydrogens is 416 g/mol. The maximum atomic E-state index is 12.6. The highest BCUT2D eigenvalue weighted by Crippen LogP contribution is 2.32. The van der Waals surface area contributed by atoms with E-state index in [1.807, 2.05) is 53.4 Å². The van der Waals surface area contributed by atoms with Crippen LogP contribution in [0.2, 0.25) is 0 Å². The summed E-state index contributed by atoms with van der Waals surface area (Å²) >= 11 is 0. The first-order valence-electron chi connectivity index (χ1n) is 11.3. The van der Waals surface area contributed by atoms with E-state index in [0.29, 0.717) is 19.5 Å². The number of amides is 1. The monoisotopic (exact) mass is 446 g/mol. The standard InChI is InChI=1S/C26H30N4O3/c1-32-21-11-13-24(33-2)22(19-21)23-12-14-25(28-27-23)29-15-17-30(18-16-29)26(31)10-6-9-20-7-4-3-5-8-20/h3-5,7-8,11-14,19H,6,9-10,15-18H2,1-2H3. The summed E-state index contributed by atoms with van der Waals surface area (Å²) in [5, 5.41) is 8.86. The van der Waals surface area contributed by atoms with Gasteiger partial charge in [-0.15, -0.1) is 10.2 Å². The van der Waals surface area contributed by atoms with E-state index in [4.69, 9.17) is 9.47 Å². The summed E-state index contributed by atoms with van der Waals surface area (Å²) in [6.45, 7) is 2.91. The second-order valence-corrected chi connectivity index (χ2v) is 8.05. The number of aromatic nitrogens is 2. The second-order valence-electron chi connectivity index (χ2n) is 8.05. The van der Waals surface area contributed by atoms with Crippen molar-refractivity contribution in [1.82, 2.24) is 15.1 Å². The molecule has 2 heterocycles. The third-order valence-corrected chi connectivity index (χ3v) is 5.99. The highest BCUT2D eigenvalue weighted by Gasteiger charge is 2.22. The lowest BCUT2D eigenvalue weighted by Gasteiger charge is -2.35. The Morgan fingerprint density at radius 1 is 0.909 bits per heavy atom. The normalized spacial score (nSPS) is 13.6. The SMILES string of the molecule is COc1ccc(OC)c(-c2ccc(N3CCN(C(=O)CCCc4ccccc4)CC3)nn2)c1. The van der Waals surface area contributed by atoms with Crippen LogP contribution >= 0.6 is 0 Å². The summed E-state index contributed by atoms with van der Waals surface area (Å²) in [4.78, 5) is 16.7. The van der Waals surface area contributed by atoms with E-state index >= 15 is 0 Å². The zero-order chi connectivity index (χ0) is 23.0. The number of carbonyl (C=O) groups is 1. The number of hydrogen-bond donors (Lipinski definition) is 0. The van der Waals surface area contributed by atoms with Crippen molar-refractivity contribution < 1.29 is 14.3 Å². The van der Waals surface area contributed by atoms with Crippen LogP contribution < -0.4 is 14.4 Å². The van der Waals surface area contributed by atoms with Gasteiger partial charge in [0, 0.05) is 38.2 Å². The number of benzene rings is 2. The van der Waals surface area contributed by atoms with E-state index in [2.05, 4.69) is 27.2 Å². The number of rotatable bonds is 8. The zero-order valence-electron chi connectivity index (χ0n) is 19.2. The van der Waals surface area contributed by atoms with E-state index in [1.54, 1.807) is 14.2 Å². The topological polar surface area (TPSA) is 67.8 Å². The third-order valence-electron chi connectivity index (χ3n) is 5.99. The number of anilines is 1. The Hall–Kier alpha value is -3.61. The van der Waals surface area contributed by atoms with Gasteiger partial charge >= 0.3 is 0 Å². The number of aryl methyl sites for hydroxylation is 1. The molecule has 1 aliphatic rings. The number of nitrogens with zero attached hydrogens (tertiary/aromatic N) is 4. The van der Waals surface area contributed by atoms with Crippen molar-refractivity contribution in [2.45, 2.75) is 19.3 Å². The minimum absolute atomic E-state index is 0.233. The van der Waals surface area contributed by atoms with Gasteiger partial charge in [0.05, 0.1) is 19.9 Å². The van der Waals surface area contributed by atoms with Gasteiger partial charge in [0.25, 0.3) is 0 Å². The van der Waals surface area contributed by atoms with Crippen LogP contribution in [0.4, 0.5) is 5.82 Å². The molecule has 0 spiro atoms. The summed E-state index contributed by atoms with van der Waals surface area (Å²) in [5.74, 6) is 2.51. The first kappa shape index (κ1) is 22.6. The number of ether oxygens (including phenoxy) is 2. The third kappa shape index (κ3) is 5.61. The summed E-state index contributed by atoms with van der Waals surface area (Å²) in [7, 11) is 3.27. The van der Waals surface area contributed by atoms with Crippen LogP contribution in [-0.4, -0.2) is 61.4 Å². The number of hydrogen-bond acceptors (Lipinski definition) is 6. The Balaban J connectivity index is 1.30. The fourth-order valence-corrected chi connectivity index (χ4v) is 4.08. The summed E-state index contributed by atoms with van der Waals surface area (Å²) in [6, 6.07) is 19.8. The quantitative estimate of drug-likeness (QED) is 0.524. The first-order valence-corrected chi connectivity index (χ1v) is 11.3. The summed E-state index contributed by atoms with van der Waals surface area (Å²) in [6.07, 6.45) is 2.40. The van der Waals surface area contributed by atoms with E-state index < -0.39 is 0 Å². The van der Waals surface area contributed by atoms with Gasteiger partial charge in [0.15, 0.2) is 5.82 Å². The summed E-state index contributed by atoms with van der Waals surface area (Å²) in [5.41, 5.74) is 2.84. The first-order chi connectivity index (χ1) is 16.2. The molecule has 1 aromatic heterocycles. The zero-order valence-corrected chi connectivity index (χ0v) is 19.2. The molecule has 7 nitrogen and oxygen atoms in total. The summed E-state index contributed by atoms with van der Waals surface area (Å²) < 4.78 is 10.8. The van der Waals surface area contributed by atoms with Crippen molar-refractivity contribution >= 4 is 11.7 Å². The van der Waals surface area contributed by atoms with Crippen molar-refractivity contribution in [2.75, 3.05) is 45.3 Å². The number of methoxy groups -OCH3 is 2. The smallest absolute Gasteiger partial charge is 0.222 e. The van der Waals surface area contributed by atoms with Crippen molar-refractivity contribution in [3.63, 3.8) is 0 Å². The molecule has 1 saturated heterocycles. The Labute approximate surface area is 195 Å². The maximum Gasteiger partial charge on any atom is 0.222 e. The molecule has 3 aromatic rings. The van der Waals surface area contributed by atoms with Crippen LogP contribution in [0.3, 0.4) is 0 Å². The molecule has 0 atom stereocenters. The van der Waals surface area contributed by atoms with Crippen LogP contribution in [0.15, 0.2) is 60.7 Å². The van der Waals surface area contributed by atoms with Gasteiger partial charge in [0.2, 0.25) is 5.91 Å². The van der Waals surface area contributed by atoms with Crippen molar-refractivity contribution in [1.29, 1.82) is 0 Å². The minimum atomic E-state index is 0.233. The molecule has 0 bridgehead atoms. The molecule has 1 aliphatic heterocycles.